The van der Waals surface area contributed by atoms with Crippen LogP contribution in [0.4, 0.5) is 4.79 Å². The second kappa shape index (κ2) is 5.39. The minimum Gasteiger partial charge on any atom is -0.345 e. The number of hydrogen-bond acceptors (Lipinski definition) is 2. The number of nitrogens with one attached hydrogen (secondary N) is 1. The first-order valence-electron chi connectivity index (χ1n) is 7.54. The molecule has 1 saturated carbocycles. The Labute approximate surface area is 114 Å². The van der Waals surface area contributed by atoms with Gasteiger partial charge in [-0.2, -0.15) is 0 Å². The van der Waals surface area contributed by atoms with Crippen LogP contribution in [0.1, 0.15) is 38.5 Å². The number of fused-ring (bicyclic) bond motifs is 1. The average Bonchev–Trinajstić information content (AvgIpc) is 2.47. The highest BCUT2D eigenvalue weighted by molar-refractivity contribution is 5.76. The summed E-state index contributed by atoms with van der Waals surface area (Å²) in [5.41, 5.74) is 0. The van der Waals surface area contributed by atoms with Gasteiger partial charge in [-0.1, -0.05) is 12.8 Å². The van der Waals surface area contributed by atoms with Crippen LogP contribution < -0.4 is 5.32 Å². The quantitative estimate of drug-likeness (QED) is 0.763. The van der Waals surface area contributed by atoms with Crippen LogP contribution in [0.5, 0.6) is 0 Å². The highest BCUT2D eigenvalue weighted by Crippen LogP contribution is 2.30. The second-order valence-electron chi connectivity index (χ2n) is 6.13. The molecule has 0 aromatic rings. The zero-order chi connectivity index (χ0) is 13.2. The van der Waals surface area contributed by atoms with Gasteiger partial charge in [0.05, 0.1) is 0 Å². The predicted molar refractivity (Wildman–Crippen MR) is 71.6 cm³/mol. The molecule has 1 N–H and O–H groups in total. The third kappa shape index (κ3) is 2.55. The third-order valence-corrected chi connectivity index (χ3v) is 5.00. The van der Waals surface area contributed by atoms with Gasteiger partial charge in [-0.15, -0.1) is 0 Å². The Morgan fingerprint density at radius 2 is 1.84 bits per heavy atom. The van der Waals surface area contributed by atoms with Gasteiger partial charge >= 0.3 is 6.03 Å². The number of likely N-dealkylation sites (tertiary alicyclic amines) is 1. The lowest BCUT2D eigenvalue weighted by atomic mass is 9.82. The number of rotatable bonds is 2. The standard InChI is InChI=1S/C14H23N3O2/c18-10-16-7-5-12(6-8-16)17-9-11-3-1-2-4-13(11)15-14(17)19/h10-13H,1-9H2,(H,15,19). The van der Waals surface area contributed by atoms with E-state index < -0.39 is 0 Å². The molecule has 0 bridgehead atoms. The normalized spacial score (nSPS) is 32.7. The number of urea groups is 1. The number of piperidine rings is 1. The number of carbonyl (C=O) groups excluding carboxylic acids is 2. The molecule has 3 fully saturated rings. The fraction of sp³-hybridized carbons (Fsp3) is 0.857. The van der Waals surface area contributed by atoms with Crippen molar-refractivity contribution < 1.29 is 9.59 Å². The maximum Gasteiger partial charge on any atom is 0.317 e. The maximum atomic E-state index is 12.2. The summed E-state index contributed by atoms with van der Waals surface area (Å²) in [4.78, 5) is 26.8. The van der Waals surface area contributed by atoms with Crippen molar-refractivity contribution in [1.29, 1.82) is 0 Å². The first-order chi connectivity index (χ1) is 9.28. The van der Waals surface area contributed by atoms with Crippen LogP contribution in [0, 0.1) is 5.92 Å². The molecule has 5 heteroatoms. The van der Waals surface area contributed by atoms with Gasteiger partial charge in [-0.25, -0.2) is 4.79 Å². The molecule has 5 nitrogen and oxygen atoms in total. The minimum absolute atomic E-state index is 0.118. The number of nitrogens with zero attached hydrogens (tertiary/aromatic N) is 2. The third-order valence-electron chi connectivity index (χ3n) is 5.00. The average molecular weight is 265 g/mol. The van der Waals surface area contributed by atoms with Gasteiger partial charge in [0.2, 0.25) is 6.41 Å². The SMILES string of the molecule is O=CN1CCC(N2CC3CCCCC3NC2=O)CC1. The summed E-state index contributed by atoms with van der Waals surface area (Å²) >= 11 is 0. The molecule has 3 rings (SSSR count). The Morgan fingerprint density at radius 1 is 1.11 bits per heavy atom. The van der Waals surface area contributed by atoms with Crippen molar-refractivity contribution in [1.82, 2.24) is 15.1 Å². The first kappa shape index (κ1) is 12.8. The molecule has 3 amide bonds. The summed E-state index contributed by atoms with van der Waals surface area (Å²) < 4.78 is 0. The molecule has 2 unspecified atom stereocenters. The van der Waals surface area contributed by atoms with E-state index in [0.717, 1.165) is 45.3 Å². The summed E-state index contributed by atoms with van der Waals surface area (Å²) in [5.74, 6) is 0.635. The number of amides is 3. The molecule has 3 aliphatic rings. The smallest absolute Gasteiger partial charge is 0.317 e. The fourth-order valence-corrected chi connectivity index (χ4v) is 3.81. The van der Waals surface area contributed by atoms with E-state index in [1.807, 2.05) is 9.80 Å². The van der Waals surface area contributed by atoms with Crippen molar-refractivity contribution in [2.24, 2.45) is 5.92 Å². The Hall–Kier alpha value is -1.26. The molecular formula is C14H23N3O2. The Balaban J connectivity index is 1.61. The van der Waals surface area contributed by atoms with Crippen LogP contribution >= 0.6 is 0 Å². The van der Waals surface area contributed by atoms with E-state index in [2.05, 4.69) is 5.32 Å². The van der Waals surface area contributed by atoms with Gasteiger partial charge in [0.15, 0.2) is 0 Å². The molecule has 0 spiro atoms. The van der Waals surface area contributed by atoms with Crippen molar-refractivity contribution in [2.45, 2.75) is 50.6 Å². The summed E-state index contributed by atoms with van der Waals surface area (Å²) in [6.07, 6.45) is 7.70. The van der Waals surface area contributed by atoms with Crippen molar-refractivity contribution in [2.75, 3.05) is 19.6 Å². The molecule has 0 radical (unpaired) electrons. The molecule has 2 heterocycles. The van der Waals surface area contributed by atoms with E-state index in [9.17, 15) is 9.59 Å². The number of hydrogen-bond donors (Lipinski definition) is 1. The van der Waals surface area contributed by atoms with Crippen LogP contribution in [-0.4, -0.2) is 54.0 Å². The van der Waals surface area contributed by atoms with Gasteiger partial charge in [-0.05, 0) is 31.6 Å². The van der Waals surface area contributed by atoms with Gasteiger partial charge in [0, 0.05) is 31.7 Å². The highest BCUT2D eigenvalue weighted by atomic mass is 16.2. The summed E-state index contributed by atoms with van der Waals surface area (Å²) in [5, 5.41) is 3.19. The van der Waals surface area contributed by atoms with Crippen LogP contribution in [0.2, 0.25) is 0 Å². The lowest BCUT2D eigenvalue weighted by Crippen LogP contribution is -2.61. The van der Waals surface area contributed by atoms with Crippen molar-refractivity contribution in [3.8, 4) is 0 Å². The first-order valence-corrected chi connectivity index (χ1v) is 7.54. The van der Waals surface area contributed by atoms with Crippen molar-refractivity contribution in [3.63, 3.8) is 0 Å². The van der Waals surface area contributed by atoms with Crippen molar-refractivity contribution in [3.05, 3.63) is 0 Å². The van der Waals surface area contributed by atoms with Crippen LogP contribution in [0.25, 0.3) is 0 Å². The molecule has 0 aromatic heterocycles. The molecule has 0 aromatic carbocycles. The second-order valence-corrected chi connectivity index (χ2v) is 6.13. The van der Waals surface area contributed by atoms with E-state index in [0.29, 0.717) is 18.0 Å². The number of carbonyl (C=O) groups is 2. The molecule has 1 aliphatic carbocycles. The van der Waals surface area contributed by atoms with Crippen molar-refractivity contribution >= 4 is 12.4 Å². The van der Waals surface area contributed by atoms with E-state index in [1.165, 1.54) is 19.3 Å². The topological polar surface area (TPSA) is 52.7 Å². The Morgan fingerprint density at radius 3 is 2.58 bits per heavy atom. The van der Waals surface area contributed by atoms with Gasteiger partial charge in [-0.3, -0.25) is 4.79 Å². The zero-order valence-corrected chi connectivity index (χ0v) is 11.4. The van der Waals surface area contributed by atoms with Gasteiger partial charge in [0.25, 0.3) is 0 Å². The molecule has 2 atom stereocenters. The predicted octanol–water partition coefficient (Wildman–Crippen LogP) is 1.19. The monoisotopic (exact) mass is 265 g/mol. The van der Waals surface area contributed by atoms with Gasteiger partial charge < -0.3 is 15.1 Å². The molecule has 2 saturated heterocycles. The van der Waals surface area contributed by atoms with Crippen LogP contribution in [0.15, 0.2) is 0 Å². The molecule has 106 valence electrons. The van der Waals surface area contributed by atoms with Crippen LogP contribution in [0.3, 0.4) is 0 Å². The molecular weight excluding hydrogens is 242 g/mol. The maximum absolute atomic E-state index is 12.2. The fourth-order valence-electron chi connectivity index (χ4n) is 3.81. The van der Waals surface area contributed by atoms with Crippen LogP contribution in [-0.2, 0) is 4.79 Å². The lowest BCUT2D eigenvalue weighted by molar-refractivity contribution is -0.119. The highest BCUT2D eigenvalue weighted by Gasteiger charge is 2.38. The Kier molecular flexibility index (Phi) is 3.62. The van der Waals surface area contributed by atoms with E-state index in [1.54, 1.807) is 0 Å². The lowest BCUT2D eigenvalue weighted by Gasteiger charge is -2.46. The van der Waals surface area contributed by atoms with E-state index in [-0.39, 0.29) is 6.03 Å². The van der Waals surface area contributed by atoms with E-state index in [4.69, 9.17) is 0 Å². The molecule has 19 heavy (non-hydrogen) atoms. The minimum atomic E-state index is 0.118. The zero-order valence-electron chi connectivity index (χ0n) is 11.4. The Bertz CT molecular complexity index is 353. The van der Waals surface area contributed by atoms with E-state index >= 15 is 0 Å². The summed E-state index contributed by atoms with van der Waals surface area (Å²) in [7, 11) is 0. The summed E-state index contributed by atoms with van der Waals surface area (Å²) in [6, 6.07) is 0.847. The van der Waals surface area contributed by atoms with Gasteiger partial charge in [0.1, 0.15) is 0 Å². The largest absolute Gasteiger partial charge is 0.345 e. The molecule has 2 aliphatic heterocycles. The summed E-state index contributed by atoms with van der Waals surface area (Å²) in [6.45, 7) is 2.49.